The maximum absolute atomic E-state index is 12.3. The van der Waals surface area contributed by atoms with Crippen molar-refractivity contribution in [2.45, 2.75) is 13.3 Å². The number of allylic oxidation sites excluding steroid dienone is 1. The van der Waals surface area contributed by atoms with E-state index in [1.54, 1.807) is 12.1 Å². The number of rotatable bonds is 1. The molecule has 0 heterocycles. The summed E-state index contributed by atoms with van der Waals surface area (Å²) in [5, 5.41) is 19.1. The Balaban J connectivity index is 2.04. The zero-order valence-electron chi connectivity index (χ0n) is 11.1. The molecule has 0 aromatic heterocycles. The van der Waals surface area contributed by atoms with E-state index in [-0.39, 0.29) is 17.3 Å². The van der Waals surface area contributed by atoms with Gasteiger partial charge in [-0.15, -0.1) is 0 Å². The van der Waals surface area contributed by atoms with Crippen LogP contribution in [0.15, 0.2) is 42.0 Å². The zero-order valence-corrected chi connectivity index (χ0v) is 11.1. The monoisotopic (exact) mass is 266 g/mol. The molecule has 0 bridgehead atoms. The van der Waals surface area contributed by atoms with Gasteiger partial charge in [0, 0.05) is 29.2 Å². The van der Waals surface area contributed by atoms with E-state index in [0.717, 1.165) is 16.7 Å². The fourth-order valence-corrected chi connectivity index (χ4v) is 2.55. The van der Waals surface area contributed by atoms with E-state index in [2.05, 4.69) is 0 Å². The summed E-state index contributed by atoms with van der Waals surface area (Å²) >= 11 is 0. The summed E-state index contributed by atoms with van der Waals surface area (Å²) in [5.74, 6) is -0.0179. The highest BCUT2D eigenvalue weighted by Gasteiger charge is 2.25. The Labute approximate surface area is 116 Å². The van der Waals surface area contributed by atoms with Gasteiger partial charge in [-0.25, -0.2) is 0 Å². The predicted molar refractivity (Wildman–Crippen MR) is 77.0 cm³/mol. The highest BCUT2D eigenvalue weighted by molar-refractivity contribution is 6.15. The fraction of sp³-hybridized carbons (Fsp3) is 0.118. The third-order valence-electron chi connectivity index (χ3n) is 3.66. The Morgan fingerprint density at radius 2 is 1.95 bits per heavy atom. The van der Waals surface area contributed by atoms with Gasteiger partial charge in [-0.1, -0.05) is 18.2 Å². The predicted octanol–water partition coefficient (Wildman–Crippen LogP) is 3.23. The lowest BCUT2D eigenvalue weighted by molar-refractivity contribution is 0.104. The van der Waals surface area contributed by atoms with E-state index < -0.39 is 0 Å². The van der Waals surface area contributed by atoms with Gasteiger partial charge in [0.1, 0.15) is 11.5 Å². The maximum atomic E-state index is 12.3. The minimum Gasteiger partial charge on any atom is -0.508 e. The number of Topliss-reactive ketones (excluding diaryl/α,β-unsaturated/α-hetero) is 1. The van der Waals surface area contributed by atoms with E-state index in [0.29, 0.717) is 17.6 Å². The molecular formula is C17H14O3. The van der Waals surface area contributed by atoms with Crippen LogP contribution in [-0.2, 0) is 6.42 Å². The van der Waals surface area contributed by atoms with Gasteiger partial charge in [0.05, 0.1) is 0 Å². The number of fused-ring (bicyclic) bond motifs is 1. The molecule has 20 heavy (non-hydrogen) atoms. The zero-order chi connectivity index (χ0) is 14.3. The SMILES string of the molecule is Cc1cccc2c1C/C(=C\c1ccc(O)cc1O)C2=O. The first-order valence-corrected chi connectivity index (χ1v) is 6.42. The highest BCUT2D eigenvalue weighted by Crippen LogP contribution is 2.32. The van der Waals surface area contributed by atoms with Crippen LogP contribution in [0.3, 0.4) is 0 Å². The van der Waals surface area contributed by atoms with Gasteiger partial charge in [0.15, 0.2) is 5.78 Å². The van der Waals surface area contributed by atoms with Crippen LogP contribution in [0, 0.1) is 6.92 Å². The lowest BCUT2D eigenvalue weighted by atomic mass is 10.0. The first-order chi connectivity index (χ1) is 9.56. The lowest BCUT2D eigenvalue weighted by Crippen LogP contribution is -1.95. The number of ketones is 1. The fourth-order valence-electron chi connectivity index (χ4n) is 2.55. The topological polar surface area (TPSA) is 57.5 Å². The molecule has 2 N–H and O–H groups in total. The molecule has 2 aromatic carbocycles. The van der Waals surface area contributed by atoms with E-state index in [9.17, 15) is 15.0 Å². The number of aryl methyl sites for hydroxylation is 1. The van der Waals surface area contributed by atoms with Crippen LogP contribution < -0.4 is 0 Å². The molecule has 0 radical (unpaired) electrons. The third-order valence-corrected chi connectivity index (χ3v) is 3.66. The minimum absolute atomic E-state index is 0.00142. The smallest absolute Gasteiger partial charge is 0.189 e. The first-order valence-electron chi connectivity index (χ1n) is 6.42. The van der Waals surface area contributed by atoms with Crippen molar-refractivity contribution < 1.29 is 15.0 Å². The van der Waals surface area contributed by atoms with Crippen molar-refractivity contribution in [1.29, 1.82) is 0 Å². The number of hydrogen-bond acceptors (Lipinski definition) is 3. The third kappa shape index (κ3) is 1.97. The number of phenolic OH excluding ortho intramolecular Hbond substituents is 2. The molecular weight excluding hydrogens is 252 g/mol. The second kappa shape index (κ2) is 4.53. The number of benzene rings is 2. The largest absolute Gasteiger partial charge is 0.508 e. The van der Waals surface area contributed by atoms with Crippen LogP contribution in [0.1, 0.15) is 27.0 Å². The summed E-state index contributed by atoms with van der Waals surface area (Å²) in [5.41, 5.74) is 4.11. The maximum Gasteiger partial charge on any atom is 0.189 e. The number of carbonyl (C=O) groups is 1. The minimum atomic E-state index is -0.0296. The number of hydrogen-bond donors (Lipinski definition) is 2. The van der Waals surface area contributed by atoms with Crippen molar-refractivity contribution in [3.05, 3.63) is 64.2 Å². The van der Waals surface area contributed by atoms with Gasteiger partial charge in [-0.05, 0) is 36.3 Å². The van der Waals surface area contributed by atoms with E-state index >= 15 is 0 Å². The summed E-state index contributed by atoms with van der Waals surface area (Å²) < 4.78 is 0. The number of aromatic hydroxyl groups is 2. The van der Waals surface area contributed by atoms with Crippen molar-refractivity contribution in [1.82, 2.24) is 0 Å². The van der Waals surface area contributed by atoms with Gasteiger partial charge in [-0.2, -0.15) is 0 Å². The lowest BCUT2D eigenvalue weighted by Gasteiger charge is -2.01. The molecule has 0 spiro atoms. The number of carbonyl (C=O) groups excluding carboxylic acids is 1. The van der Waals surface area contributed by atoms with Gasteiger partial charge in [-0.3, -0.25) is 4.79 Å². The van der Waals surface area contributed by atoms with Crippen molar-refractivity contribution in [3.63, 3.8) is 0 Å². The Morgan fingerprint density at radius 3 is 2.65 bits per heavy atom. The van der Waals surface area contributed by atoms with Crippen molar-refractivity contribution in [2.24, 2.45) is 0 Å². The second-order valence-corrected chi connectivity index (χ2v) is 5.02. The van der Waals surface area contributed by atoms with Gasteiger partial charge >= 0.3 is 0 Å². The van der Waals surface area contributed by atoms with Crippen LogP contribution in [0.5, 0.6) is 11.5 Å². The molecule has 1 aliphatic rings. The van der Waals surface area contributed by atoms with Crippen molar-refractivity contribution in [3.8, 4) is 11.5 Å². The summed E-state index contributed by atoms with van der Waals surface area (Å²) in [6.07, 6.45) is 2.28. The molecule has 0 saturated carbocycles. The molecule has 0 aliphatic heterocycles. The Kier molecular flexibility index (Phi) is 2.83. The number of phenols is 2. The molecule has 1 aliphatic carbocycles. The molecule has 3 nitrogen and oxygen atoms in total. The van der Waals surface area contributed by atoms with E-state index in [1.165, 1.54) is 12.1 Å². The normalized spacial score (nSPS) is 15.7. The summed E-state index contributed by atoms with van der Waals surface area (Å²) in [6, 6.07) is 10.1. The summed E-state index contributed by atoms with van der Waals surface area (Å²) in [7, 11) is 0. The molecule has 0 amide bonds. The molecule has 0 saturated heterocycles. The van der Waals surface area contributed by atoms with Crippen LogP contribution >= 0.6 is 0 Å². The molecule has 3 rings (SSSR count). The molecule has 100 valence electrons. The molecule has 3 heteroatoms. The quantitative estimate of drug-likeness (QED) is 0.779. The second-order valence-electron chi connectivity index (χ2n) is 5.02. The average Bonchev–Trinajstić information content (AvgIpc) is 2.72. The van der Waals surface area contributed by atoms with Gasteiger partial charge in [0.25, 0.3) is 0 Å². The molecule has 0 atom stereocenters. The molecule has 0 unspecified atom stereocenters. The van der Waals surface area contributed by atoms with Crippen LogP contribution in [0.25, 0.3) is 6.08 Å². The van der Waals surface area contributed by atoms with Crippen molar-refractivity contribution in [2.75, 3.05) is 0 Å². The van der Waals surface area contributed by atoms with E-state index in [1.807, 2.05) is 25.1 Å². The summed E-state index contributed by atoms with van der Waals surface area (Å²) in [4.78, 5) is 12.3. The van der Waals surface area contributed by atoms with Gasteiger partial charge < -0.3 is 10.2 Å². The van der Waals surface area contributed by atoms with Gasteiger partial charge in [0.2, 0.25) is 0 Å². The van der Waals surface area contributed by atoms with Crippen LogP contribution in [-0.4, -0.2) is 16.0 Å². The van der Waals surface area contributed by atoms with Crippen LogP contribution in [0.2, 0.25) is 0 Å². The van der Waals surface area contributed by atoms with E-state index in [4.69, 9.17) is 0 Å². The Morgan fingerprint density at radius 1 is 1.15 bits per heavy atom. The Hall–Kier alpha value is -2.55. The van der Waals surface area contributed by atoms with Crippen molar-refractivity contribution >= 4 is 11.9 Å². The molecule has 2 aromatic rings. The molecule has 0 fully saturated rings. The first kappa shape index (κ1) is 12.5. The van der Waals surface area contributed by atoms with Crippen LogP contribution in [0.4, 0.5) is 0 Å². The standard InChI is InChI=1S/C17H14O3/c1-10-3-2-4-14-15(10)8-12(17(14)20)7-11-5-6-13(18)9-16(11)19/h2-7,9,18-19H,8H2,1H3/b12-7+. The average molecular weight is 266 g/mol. The highest BCUT2D eigenvalue weighted by atomic mass is 16.3. The Bertz CT molecular complexity index is 742. The summed E-state index contributed by atoms with van der Waals surface area (Å²) in [6.45, 7) is 1.99.